The van der Waals surface area contributed by atoms with Crippen molar-refractivity contribution in [1.29, 1.82) is 0 Å². The van der Waals surface area contributed by atoms with Crippen LogP contribution in [0.25, 0.3) is 5.57 Å². The number of amides is 2. The van der Waals surface area contributed by atoms with Crippen LogP contribution in [0.5, 0.6) is 11.5 Å². The second-order valence-electron chi connectivity index (χ2n) is 7.53. The Kier molecular flexibility index (Phi) is 6.01. The van der Waals surface area contributed by atoms with E-state index in [2.05, 4.69) is 5.32 Å². The molecule has 0 saturated carbocycles. The molecule has 9 nitrogen and oxygen atoms in total. The summed E-state index contributed by atoms with van der Waals surface area (Å²) < 4.78 is 10.6. The molecule has 2 amide bonds. The third-order valence-electron chi connectivity index (χ3n) is 5.40. The van der Waals surface area contributed by atoms with Crippen LogP contribution in [0.2, 0.25) is 0 Å². The lowest BCUT2D eigenvalue weighted by Gasteiger charge is -2.16. The van der Waals surface area contributed by atoms with Crippen molar-refractivity contribution in [2.75, 3.05) is 24.4 Å². The van der Waals surface area contributed by atoms with Gasteiger partial charge in [0.2, 0.25) is 0 Å². The highest BCUT2D eigenvalue weighted by molar-refractivity contribution is 6.46. The molecule has 1 N–H and O–H groups in total. The molecule has 1 aliphatic heterocycles. The van der Waals surface area contributed by atoms with Gasteiger partial charge in [0.1, 0.15) is 17.2 Å². The number of rotatable bonds is 7. The zero-order chi connectivity index (χ0) is 24.4. The highest BCUT2D eigenvalue weighted by Gasteiger charge is 2.40. The van der Waals surface area contributed by atoms with E-state index in [1.165, 1.54) is 38.5 Å². The van der Waals surface area contributed by atoms with E-state index in [0.29, 0.717) is 28.4 Å². The van der Waals surface area contributed by atoms with E-state index in [-0.39, 0.29) is 17.0 Å². The van der Waals surface area contributed by atoms with Crippen molar-refractivity contribution in [3.63, 3.8) is 0 Å². The largest absolute Gasteiger partial charge is 0.497 e. The molecule has 0 spiro atoms. The Morgan fingerprint density at radius 1 is 0.882 bits per heavy atom. The number of nitro groups is 1. The van der Waals surface area contributed by atoms with Gasteiger partial charge in [-0.3, -0.25) is 19.7 Å². The van der Waals surface area contributed by atoms with Gasteiger partial charge in [-0.15, -0.1) is 0 Å². The summed E-state index contributed by atoms with van der Waals surface area (Å²) in [6.07, 6.45) is 0. The van der Waals surface area contributed by atoms with Crippen molar-refractivity contribution in [2.24, 2.45) is 0 Å². The number of methoxy groups -OCH3 is 2. The SMILES string of the molecule is COc1ccc(N2C(=O)C(Nc3cc(C)ccc3OC)=C(c3ccc([N+](=O)[O-])cc3)C2=O)cc1. The molecule has 1 aliphatic rings. The van der Waals surface area contributed by atoms with Crippen LogP contribution in [-0.2, 0) is 9.59 Å². The molecule has 0 aliphatic carbocycles. The molecule has 9 heteroatoms. The first-order chi connectivity index (χ1) is 16.3. The van der Waals surface area contributed by atoms with Crippen molar-refractivity contribution in [1.82, 2.24) is 0 Å². The fraction of sp³-hybridized carbons (Fsp3) is 0.120. The summed E-state index contributed by atoms with van der Waals surface area (Å²) in [7, 11) is 3.03. The maximum absolute atomic E-state index is 13.5. The molecule has 3 aromatic carbocycles. The van der Waals surface area contributed by atoms with Crippen molar-refractivity contribution < 1.29 is 24.0 Å². The lowest BCUT2D eigenvalue weighted by Crippen LogP contribution is -2.32. The van der Waals surface area contributed by atoms with Gasteiger partial charge in [-0.1, -0.05) is 6.07 Å². The van der Waals surface area contributed by atoms with E-state index < -0.39 is 16.7 Å². The fourth-order valence-corrected chi connectivity index (χ4v) is 3.68. The maximum atomic E-state index is 13.5. The minimum absolute atomic E-state index is 0.0403. The second kappa shape index (κ2) is 9.07. The Hall–Kier alpha value is -4.66. The number of nitrogens with zero attached hydrogens (tertiary/aromatic N) is 2. The lowest BCUT2D eigenvalue weighted by atomic mass is 10.0. The van der Waals surface area contributed by atoms with Crippen LogP contribution < -0.4 is 19.7 Å². The number of ether oxygens (including phenoxy) is 2. The minimum atomic E-state index is -0.563. The molecule has 0 aromatic heterocycles. The third-order valence-corrected chi connectivity index (χ3v) is 5.40. The van der Waals surface area contributed by atoms with Gasteiger partial charge in [-0.05, 0) is 66.6 Å². The first-order valence-electron chi connectivity index (χ1n) is 10.3. The highest BCUT2D eigenvalue weighted by Crippen LogP contribution is 2.36. The van der Waals surface area contributed by atoms with Gasteiger partial charge in [0, 0.05) is 12.1 Å². The molecule has 1 heterocycles. The molecule has 172 valence electrons. The molecule has 0 radical (unpaired) electrons. The summed E-state index contributed by atoms with van der Waals surface area (Å²) in [6.45, 7) is 1.89. The zero-order valence-corrected chi connectivity index (χ0v) is 18.7. The average molecular weight is 459 g/mol. The second-order valence-corrected chi connectivity index (χ2v) is 7.53. The predicted octanol–water partition coefficient (Wildman–Crippen LogP) is 4.32. The Balaban J connectivity index is 1.83. The number of carbonyl (C=O) groups is 2. The lowest BCUT2D eigenvalue weighted by molar-refractivity contribution is -0.384. The smallest absolute Gasteiger partial charge is 0.282 e. The van der Waals surface area contributed by atoms with Crippen molar-refractivity contribution in [3.8, 4) is 11.5 Å². The van der Waals surface area contributed by atoms with Gasteiger partial charge in [0.15, 0.2) is 0 Å². The summed E-state index contributed by atoms with van der Waals surface area (Å²) in [5.74, 6) is -0.0521. The summed E-state index contributed by atoms with van der Waals surface area (Å²) in [5, 5.41) is 14.1. The van der Waals surface area contributed by atoms with E-state index in [9.17, 15) is 19.7 Å². The van der Waals surface area contributed by atoms with Crippen molar-refractivity contribution in [3.05, 3.63) is 93.7 Å². The Labute approximate surface area is 195 Å². The number of hydrogen-bond acceptors (Lipinski definition) is 7. The summed E-state index contributed by atoms with van der Waals surface area (Å²) >= 11 is 0. The molecule has 0 bridgehead atoms. The number of aryl methyl sites for hydroxylation is 1. The van der Waals surface area contributed by atoms with Crippen LogP contribution >= 0.6 is 0 Å². The van der Waals surface area contributed by atoms with E-state index in [0.717, 1.165) is 10.5 Å². The van der Waals surface area contributed by atoms with Gasteiger partial charge in [0.25, 0.3) is 17.5 Å². The number of anilines is 2. The van der Waals surface area contributed by atoms with Gasteiger partial charge in [0.05, 0.1) is 36.1 Å². The van der Waals surface area contributed by atoms with Crippen molar-refractivity contribution >= 4 is 34.4 Å². The Morgan fingerprint density at radius 3 is 2.15 bits per heavy atom. The molecular weight excluding hydrogens is 438 g/mol. The highest BCUT2D eigenvalue weighted by atomic mass is 16.6. The van der Waals surface area contributed by atoms with E-state index in [1.54, 1.807) is 36.4 Å². The number of non-ortho nitro benzene ring substituents is 1. The number of hydrogen-bond donors (Lipinski definition) is 1. The monoisotopic (exact) mass is 459 g/mol. The molecule has 0 saturated heterocycles. The summed E-state index contributed by atoms with van der Waals surface area (Å²) in [6, 6.07) is 17.4. The molecule has 3 aromatic rings. The normalized spacial score (nSPS) is 13.3. The van der Waals surface area contributed by atoms with Crippen LogP contribution in [0.3, 0.4) is 0 Å². The van der Waals surface area contributed by atoms with E-state index in [4.69, 9.17) is 9.47 Å². The van der Waals surface area contributed by atoms with Gasteiger partial charge in [-0.2, -0.15) is 0 Å². The van der Waals surface area contributed by atoms with Crippen LogP contribution in [0.4, 0.5) is 17.1 Å². The number of imide groups is 1. The molecule has 0 fully saturated rings. The fourth-order valence-electron chi connectivity index (χ4n) is 3.68. The molecule has 4 rings (SSSR count). The molecule has 0 atom stereocenters. The van der Waals surface area contributed by atoms with Gasteiger partial charge >= 0.3 is 0 Å². The van der Waals surface area contributed by atoms with Gasteiger partial charge < -0.3 is 14.8 Å². The van der Waals surface area contributed by atoms with Crippen LogP contribution in [0.1, 0.15) is 11.1 Å². The van der Waals surface area contributed by atoms with Crippen LogP contribution in [-0.4, -0.2) is 31.0 Å². The Bertz CT molecular complexity index is 1310. The zero-order valence-electron chi connectivity index (χ0n) is 18.7. The molecular formula is C25H21N3O6. The standard InChI is InChI=1S/C25H21N3O6/c1-15-4-13-21(34-3)20(14-15)26-23-22(16-5-7-18(8-6-16)28(31)32)24(29)27(25(23)30)17-9-11-19(33-2)12-10-17/h4-14,26H,1-3H3. The quantitative estimate of drug-likeness (QED) is 0.318. The van der Waals surface area contributed by atoms with E-state index >= 15 is 0 Å². The van der Waals surface area contributed by atoms with E-state index in [1.807, 2.05) is 13.0 Å². The summed E-state index contributed by atoms with van der Waals surface area (Å²) in [5.41, 5.74) is 2.18. The third kappa shape index (κ3) is 4.06. The van der Waals surface area contributed by atoms with Crippen LogP contribution in [0.15, 0.2) is 72.4 Å². The molecule has 34 heavy (non-hydrogen) atoms. The average Bonchev–Trinajstić information content (AvgIpc) is 3.08. The summed E-state index contributed by atoms with van der Waals surface area (Å²) in [4.78, 5) is 38.6. The van der Waals surface area contributed by atoms with Crippen molar-refractivity contribution in [2.45, 2.75) is 6.92 Å². The number of carbonyl (C=O) groups excluding carboxylic acids is 2. The first-order valence-corrected chi connectivity index (χ1v) is 10.3. The number of nitro benzene ring substituents is 1. The Morgan fingerprint density at radius 2 is 1.56 bits per heavy atom. The topological polar surface area (TPSA) is 111 Å². The van der Waals surface area contributed by atoms with Crippen LogP contribution in [0, 0.1) is 17.0 Å². The number of benzene rings is 3. The number of nitrogens with one attached hydrogen (secondary N) is 1. The van der Waals surface area contributed by atoms with Gasteiger partial charge in [-0.25, -0.2) is 4.90 Å². The molecule has 0 unspecified atom stereocenters. The first kappa shape index (κ1) is 22.5. The predicted molar refractivity (Wildman–Crippen MR) is 127 cm³/mol. The maximum Gasteiger partial charge on any atom is 0.282 e. The minimum Gasteiger partial charge on any atom is -0.497 e.